The van der Waals surface area contributed by atoms with Crippen molar-refractivity contribution in [1.29, 1.82) is 5.26 Å². The summed E-state index contributed by atoms with van der Waals surface area (Å²) in [5, 5.41) is 8.94. The van der Waals surface area contributed by atoms with E-state index in [0.717, 1.165) is 0 Å². The highest BCUT2D eigenvalue weighted by atomic mass is 16.5. The molecule has 2 aromatic rings. The summed E-state index contributed by atoms with van der Waals surface area (Å²) in [4.78, 5) is 27.2. The Morgan fingerprint density at radius 2 is 1.96 bits per heavy atom. The number of nitriles is 1. The molecule has 0 atom stereocenters. The molecule has 0 aliphatic carbocycles. The maximum Gasteiger partial charge on any atom is 0.348 e. The second kappa shape index (κ2) is 7.52. The van der Waals surface area contributed by atoms with Crippen molar-refractivity contribution in [2.75, 3.05) is 7.11 Å². The van der Waals surface area contributed by atoms with Crippen molar-refractivity contribution in [3.63, 3.8) is 0 Å². The van der Waals surface area contributed by atoms with Crippen molar-refractivity contribution in [2.24, 2.45) is 0 Å². The van der Waals surface area contributed by atoms with Gasteiger partial charge in [-0.15, -0.1) is 0 Å². The van der Waals surface area contributed by atoms with Crippen LogP contribution in [-0.2, 0) is 9.53 Å². The number of pyridine rings is 1. The summed E-state index contributed by atoms with van der Waals surface area (Å²) in [5.41, 5.74) is 0.755. The van der Waals surface area contributed by atoms with E-state index in [9.17, 15) is 9.59 Å². The van der Waals surface area contributed by atoms with Crippen LogP contribution in [0, 0.1) is 11.3 Å². The number of carbonyl (C=O) groups excluding carboxylic acids is 2. The summed E-state index contributed by atoms with van der Waals surface area (Å²) >= 11 is 0. The second-order valence-electron chi connectivity index (χ2n) is 4.36. The largest absolute Gasteiger partial charge is 0.465 e. The molecule has 0 radical (unpaired) electrons. The minimum absolute atomic E-state index is 0.148. The van der Waals surface area contributed by atoms with Crippen LogP contribution >= 0.6 is 0 Å². The highest BCUT2D eigenvalue weighted by molar-refractivity contribution is 5.97. The lowest BCUT2D eigenvalue weighted by Gasteiger charge is -2.05. The molecule has 23 heavy (non-hydrogen) atoms. The van der Waals surface area contributed by atoms with E-state index in [1.54, 1.807) is 30.3 Å². The Kier molecular flexibility index (Phi) is 5.21. The zero-order valence-corrected chi connectivity index (χ0v) is 12.2. The molecule has 0 saturated carbocycles. The van der Waals surface area contributed by atoms with Crippen molar-refractivity contribution in [2.45, 2.75) is 0 Å². The van der Waals surface area contributed by atoms with Crippen LogP contribution in [0.2, 0.25) is 0 Å². The number of aromatic nitrogens is 1. The number of ether oxygens (including phenoxy) is 2. The summed E-state index contributed by atoms with van der Waals surface area (Å²) in [7, 11) is 1.19. The average Bonchev–Trinajstić information content (AvgIpc) is 2.60. The SMILES string of the molecule is COC(=O)/C(C#N)=C/c1cccc(OC(=O)c2ccncc2)c1. The van der Waals surface area contributed by atoms with Gasteiger partial charge in [0.1, 0.15) is 17.4 Å². The molecule has 6 nitrogen and oxygen atoms in total. The zero-order valence-electron chi connectivity index (χ0n) is 12.2. The summed E-state index contributed by atoms with van der Waals surface area (Å²) in [6, 6.07) is 11.3. The summed E-state index contributed by atoms with van der Waals surface area (Å²) < 4.78 is 9.76. The van der Waals surface area contributed by atoms with E-state index in [-0.39, 0.29) is 5.57 Å². The molecule has 0 saturated heterocycles. The molecular weight excluding hydrogens is 296 g/mol. The van der Waals surface area contributed by atoms with Gasteiger partial charge in [-0.2, -0.15) is 5.26 Å². The zero-order chi connectivity index (χ0) is 16.7. The van der Waals surface area contributed by atoms with E-state index in [2.05, 4.69) is 9.72 Å². The maximum absolute atomic E-state index is 12.0. The molecule has 0 bridgehead atoms. The van der Waals surface area contributed by atoms with Crippen molar-refractivity contribution < 1.29 is 19.1 Å². The van der Waals surface area contributed by atoms with E-state index < -0.39 is 11.9 Å². The average molecular weight is 308 g/mol. The first-order valence-electron chi connectivity index (χ1n) is 6.56. The Bertz CT molecular complexity index is 792. The third-order valence-electron chi connectivity index (χ3n) is 2.82. The Hall–Kier alpha value is -3.46. The van der Waals surface area contributed by atoms with Crippen molar-refractivity contribution in [3.8, 4) is 11.8 Å². The van der Waals surface area contributed by atoms with Crippen molar-refractivity contribution in [1.82, 2.24) is 4.98 Å². The fraction of sp³-hybridized carbons (Fsp3) is 0.0588. The molecule has 2 rings (SSSR count). The van der Waals surface area contributed by atoms with Gasteiger partial charge in [-0.25, -0.2) is 9.59 Å². The Labute approximate surface area is 132 Å². The molecule has 1 aromatic carbocycles. The molecule has 114 valence electrons. The van der Waals surface area contributed by atoms with Gasteiger partial charge in [0.2, 0.25) is 0 Å². The quantitative estimate of drug-likeness (QED) is 0.373. The fourth-order valence-corrected chi connectivity index (χ4v) is 1.74. The molecule has 0 N–H and O–H groups in total. The number of hydrogen-bond acceptors (Lipinski definition) is 6. The minimum Gasteiger partial charge on any atom is -0.465 e. The first-order chi connectivity index (χ1) is 11.1. The topological polar surface area (TPSA) is 89.3 Å². The third kappa shape index (κ3) is 4.25. The predicted octanol–water partition coefficient (Wildman–Crippen LogP) is 2.38. The normalized spacial score (nSPS) is 10.5. The Balaban J connectivity index is 2.21. The number of rotatable bonds is 4. The van der Waals surface area contributed by atoms with Gasteiger partial charge in [-0.3, -0.25) is 4.98 Å². The van der Waals surface area contributed by atoms with Crippen LogP contribution in [0.15, 0.2) is 54.4 Å². The molecule has 1 aromatic heterocycles. The van der Waals surface area contributed by atoms with Gasteiger partial charge in [0.25, 0.3) is 0 Å². The smallest absolute Gasteiger partial charge is 0.348 e. The number of benzene rings is 1. The first-order valence-corrected chi connectivity index (χ1v) is 6.56. The lowest BCUT2D eigenvalue weighted by Crippen LogP contribution is -2.08. The third-order valence-corrected chi connectivity index (χ3v) is 2.82. The second-order valence-corrected chi connectivity index (χ2v) is 4.36. The highest BCUT2D eigenvalue weighted by Gasteiger charge is 2.10. The standard InChI is InChI=1S/C17H12N2O4/c1-22-16(20)14(11-18)9-12-3-2-4-15(10-12)23-17(21)13-5-7-19-8-6-13/h2-10H,1H3/b14-9+. The number of hydrogen-bond donors (Lipinski definition) is 0. The van der Waals surface area contributed by atoms with Crippen molar-refractivity contribution in [3.05, 3.63) is 65.5 Å². The van der Waals surface area contributed by atoms with Crippen LogP contribution in [-0.4, -0.2) is 24.0 Å². The van der Waals surface area contributed by atoms with Crippen LogP contribution < -0.4 is 4.74 Å². The number of carbonyl (C=O) groups is 2. The number of esters is 2. The Morgan fingerprint density at radius 1 is 1.22 bits per heavy atom. The lowest BCUT2D eigenvalue weighted by atomic mass is 10.1. The van der Waals surface area contributed by atoms with Crippen molar-refractivity contribution >= 4 is 18.0 Å². The fourth-order valence-electron chi connectivity index (χ4n) is 1.74. The van der Waals surface area contributed by atoms with E-state index in [1.165, 1.54) is 37.7 Å². The van der Waals surface area contributed by atoms with Gasteiger partial charge < -0.3 is 9.47 Å². The van der Waals surface area contributed by atoms with Gasteiger partial charge in [0, 0.05) is 12.4 Å². The van der Waals surface area contributed by atoms with Gasteiger partial charge in [-0.1, -0.05) is 12.1 Å². The van der Waals surface area contributed by atoms with E-state index in [4.69, 9.17) is 10.00 Å². The van der Waals surface area contributed by atoms with Crippen LogP contribution in [0.5, 0.6) is 5.75 Å². The van der Waals surface area contributed by atoms with E-state index >= 15 is 0 Å². The van der Waals surface area contributed by atoms with Gasteiger partial charge in [-0.05, 0) is 35.9 Å². The number of methoxy groups -OCH3 is 1. The molecule has 1 heterocycles. The molecular formula is C17H12N2O4. The van der Waals surface area contributed by atoms with Gasteiger partial charge in [0.05, 0.1) is 12.7 Å². The molecule has 6 heteroatoms. The molecule has 0 fully saturated rings. The monoisotopic (exact) mass is 308 g/mol. The highest BCUT2D eigenvalue weighted by Crippen LogP contribution is 2.17. The summed E-state index contributed by atoms with van der Waals surface area (Å²) in [5.74, 6) is -0.962. The van der Waals surface area contributed by atoms with Crippen LogP contribution in [0.1, 0.15) is 15.9 Å². The van der Waals surface area contributed by atoms with E-state index in [1.807, 2.05) is 0 Å². The molecule has 0 aliphatic rings. The van der Waals surface area contributed by atoms with Crippen LogP contribution in [0.25, 0.3) is 6.08 Å². The Morgan fingerprint density at radius 3 is 2.61 bits per heavy atom. The summed E-state index contributed by atoms with van der Waals surface area (Å²) in [6.07, 6.45) is 4.34. The van der Waals surface area contributed by atoms with E-state index in [0.29, 0.717) is 16.9 Å². The minimum atomic E-state index is -0.730. The van der Waals surface area contributed by atoms with Gasteiger partial charge >= 0.3 is 11.9 Å². The summed E-state index contributed by atoms with van der Waals surface area (Å²) in [6.45, 7) is 0. The molecule has 0 unspecified atom stereocenters. The first kappa shape index (κ1) is 15.9. The molecule has 0 spiro atoms. The maximum atomic E-state index is 12.0. The lowest BCUT2D eigenvalue weighted by molar-refractivity contribution is -0.135. The predicted molar refractivity (Wildman–Crippen MR) is 81.2 cm³/mol. The van der Waals surface area contributed by atoms with Gasteiger partial charge in [0.15, 0.2) is 0 Å². The molecule has 0 amide bonds. The van der Waals surface area contributed by atoms with Crippen LogP contribution in [0.3, 0.4) is 0 Å². The van der Waals surface area contributed by atoms with Crippen LogP contribution in [0.4, 0.5) is 0 Å². The number of nitrogens with zero attached hydrogens (tertiary/aromatic N) is 2. The molecule has 0 aliphatic heterocycles.